The van der Waals surface area contributed by atoms with Crippen LogP contribution >= 0.6 is 0 Å². The molecule has 0 fully saturated rings. The number of ether oxygens (including phenoxy) is 2. The fraction of sp³-hybridized carbons (Fsp3) is 0.243. The van der Waals surface area contributed by atoms with Gasteiger partial charge in [0.1, 0.15) is 23.6 Å². The predicted octanol–water partition coefficient (Wildman–Crippen LogP) is 5.15. The van der Waals surface area contributed by atoms with Crippen LogP contribution in [0.2, 0.25) is 0 Å². The van der Waals surface area contributed by atoms with Gasteiger partial charge < -0.3 is 20.1 Å². The van der Waals surface area contributed by atoms with E-state index in [-0.39, 0.29) is 36.5 Å². The van der Waals surface area contributed by atoms with Crippen LogP contribution in [0.1, 0.15) is 31.9 Å². The van der Waals surface area contributed by atoms with Gasteiger partial charge in [0, 0.05) is 23.5 Å². The molecule has 0 aromatic heterocycles. The zero-order valence-electron chi connectivity index (χ0n) is 27.1. The number of carbonyl (C=O) groups excluding carboxylic acids is 4. The molecule has 4 aromatic carbocycles. The average molecular weight is 639 g/mol. The van der Waals surface area contributed by atoms with Crippen LogP contribution in [0.3, 0.4) is 0 Å². The number of hydrogen-bond donors (Lipinski definition) is 4. The first-order chi connectivity index (χ1) is 22.7. The summed E-state index contributed by atoms with van der Waals surface area (Å²) in [7, 11) is 1.58. The summed E-state index contributed by atoms with van der Waals surface area (Å²) in [5, 5.41) is 10.9. The van der Waals surface area contributed by atoms with Crippen molar-refractivity contribution in [2.45, 2.75) is 45.7 Å². The molecule has 0 saturated heterocycles. The van der Waals surface area contributed by atoms with Crippen LogP contribution in [0.4, 0.5) is 11.4 Å². The molecule has 4 N–H and O–H groups in total. The Balaban J connectivity index is 0.000000256. The Morgan fingerprint density at radius 3 is 1.45 bits per heavy atom. The number of nitrogens with one attached hydrogen (secondary N) is 4. The topological polar surface area (TPSA) is 135 Å². The highest BCUT2D eigenvalue weighted by molar-refractivity contribution is 6.00. The molecule has 0 aliphatic rings. The zero-order chi connectivity index (χ0) is 34.0. The third kappa shape index (κ3) is 13.1. The molecule has 10 nitrogen and oxygen atoms in total. The fourth-order valence-corrected chi connectivity index (χ4v) is 4.33. The van der Waals surface area contributed by atoms with Crippen LogP contribution in [0, 0.1) is 0 Å². The van der Waals surface area contributed by atoms with E-state index in [0.717, 1.165) is 28.3 Å². The second-order valence-electron chi connectivity index (χ2n) is 10.6. The molecule has 47 heavy (non-hydrogen) atoms. The standard InChI is InChI=1S/C19H22N2O3.C18H20N2O3/c1-3-24-17-11-7-10-16(13-17)20-14(2)19(23)21-18(22)12-15-8-5-4-6-9-15;1-13(19-15-9-6-10-16(12-15)23-2)18(22)20-17(21)11-14-7-4-3-5-8-14/h4-11,13-14,20H,3,12H2,1-2H3,(H,21,22,23);3-10,12-13,19H,11H2,1-2H3,(H,20,21,22)/t14-;13-/m00/s1. The highest BCUT2D eigenvalue weighted by Crippen LogP contribution is 2.19. The van der Waals surface area contributed by atoms with E-state index in [1.54, 1.807) is 27.0 Å². The van der Waals surface area contributed by atoms with E-state index < -0.39 is 12.1 Å². The second kappa shape index (κ2) is 19.0. The Labute approximate surface area is 275 Å². The molecule has 0 saturated carbocycles. The molecule has 0 heterocycles. The van der Waals surface area contributed by atoms with Crippen LogP contribution in [0.15, 0.2) is 109 Å². The van der Waals surface area contributed by atoms with E-state index in [1.165, 1.54) is 0 Å². The molecule has 4 aromatic rings. The first-order valence-electron chi connectivity index (χ1n) is 15.3. The van der Waals surface area contributed by atoms with E-state index >= 15 is 0 Å². The van der Waals surface area contributed by atoms with E-state index in [0.29, 0.717) is 12.4 Å². The average Bonchev–Trinajstić information content (AvgIpc) is 3.06. The number of amides is 4. The number of benzene rings is 4. The molecule has 246 valence electrons. The molecule has 0 aliphatic carbocycles. The molecule has 0 unspecified atom stereocenters. The lowest BCUT2D eigenvalue weighted by atomic mass is 10.1. The van der Waals surface area contributed by atoms with Gasteiger partial charge in [-0.05, 0) is 56.2 Å². The van der Waals surface area contributed by atoms with E-state index in [4.69, 9.17) is 9.47 Å². The van der Waals surface area contributed by atoms with Crippen molar-refractivity contribution < 1.29 is 28.7 Å². The van der Waals surface area contributed by atoms with Gasteiger partial charge in [0.2, 0.25) is 23.6 Å². The van der Waals surface area contributed by atoms with Gasteiger partial charge in [-0.1, -0.05) is 72.8 Å². The first-order valence-corrected chi connectivity index (χ1v) is 15.3. The summed E-state index contributed by atoms with van der Waals surface area (Å²) in [5.41, 5.74) is 3.25. The van der Waals surface area contributed by atoms with Crippen molar-refractivity contribution in [1.29, 1.82) is 0 Å². The Kier molecular flexibility index (Phi) is 14.5. The molecule has 10 heteroatoms. The highest BCUT2D eigenvalue weighted by atomic mass is 16.5. The monoisotopic (exact) mass is 638 g/mol. The number of rotatable bonds is 13. The summed E-state index contributed by atoms with van der Waals surface area (Å²) < 4.78 is 10.6. The summed E-state index contributed by atoms with van der Waals surface area (Å²) in [6.07, 6.45) is 0.359. The van der Waals surface area contributed by atoms with Gasteiger partial charge in [0.15, 0.2) is 0 Å². The predicted molar refractivity (Wildman–Crippen MR) is 183 cm³/mol. The molecule has 4 rings (SSSR count). The minimum atomic E-state index is -0.540. The van der Waals surface area contributed by atoms with Gasteiger partial charge in [-0.3, -0.25) is 29.8 Å². The molecule has 0 radical (unpaired) electrons. The van der Waals surface area contributed by atoms with E-state index in [2.05, 4.69) is 21.3 Å². The second-order valence-corrected chi connectivity index (χ2v) is 10.6. The summed E-state index contributed by atoms with van der Waals surface area (Å²) in [5.74, 6) is 0.0629. The van der Waals surface area contributed by atoms with Gasteiger partial charge in [-0.15, -0.1) is 0 Å². The normalized spacial score (nSPS) is 11.4. The molecule has 0 bridgehead atoms. The third-order valence-electron chi connectivity index (χ3n) is 6.71. The summed E-state index contributed by atoms with van der Waals surface area (Å²) in [6.45, 7) is 5.89. The van der Waals surface area contributed by atoms with E-state index in [1.807, 2.05) is 110 Å². The van der Waals surface area contributed by atoms with Crippen molar-refractivity contribution in [2.24, 2.45) is 0 Å². The largest absolute Gasteiger partial charge is 0.497 e. The number of carbonyl (C=O) groups is 4. The molecule has 4 amide bonds. The van der Waals surface area contributed by atoms with Crippen LogP contribution in [0.5, 0.6) is 11.5 Å². The van der Waals surface area contributed by atoms with Crippen LogP contribution < -0.4 is 30.7 Å². The highest BCUT2D eigenvalue weighted by Gasteiger charge is 2.17. The number of hydrogen-bond acceptors (Lipinski definition) is 8. The maximum absolute atomic E-state index is 12.1. The Morgan fingerprint density at radius 2 is 1.02 bits per heavy atom. The van der Waals surface area contributed by atoms with Gasteiger partial charge in [0.05, 0.1) is 26.6 Å². The third-order valence-corrected chi connectivity index (χ3v) is 6.71. The SMILES string of the molecule is CCOc1cccc(N[C@@H](C)C(=O)NC(=O)Cc2ccccc2)c1.COc1cccc(N[C@@H](C)C(=O)NC(=O)Cc2ccccc2)c1. The van der Waals surface area contributed by atoms with Crippen molar-refractivity contribution in [2.75, 3.05) is 24.4 Å². The van der Waals surface area contributed by atoms with Gasteiger partial charge >= 0.3 is 0 Å². The number of anilines is 2. The maximum atomic E-state index is 12.1. The number of imide groups is 2. The summed E-state index contributed by atoms with van der Waals surface area (Å²) >= 11 is 0. The summed E-state index contributed by atoms with van der Waals surface area (Å²) in [6, 6.07) is 32.2. The lowest BCUT2D eigenvalue weighted by molar-refractivity contribution is -0.131. The molecule has 0 aliphatic heterocycles. The Bertz CT molecular complexity index is 1600. The minimum absolute atomic E-state index is 0.179. The van der Waals surface area contributed by atoms with Crippen molar-refractivity contribution in [3.05, 3.63) is 120 Å². The van der Waals surface area contributed by atoms with Crippen molar-refractivity contribution >= 4 is 35.0 Å². The van der Waals surface area contributed by atoms with Gasteiger partial charge in [-0.25, -0.2) is 0 Å². The quantitative estimate of drug-likeness (QED) is 0.158. The Hall–Kier alpha value is -5.64. The summed E-state index contributed by atoms with van der Waals surface area (Å²) in [4.78, 5) is 48.0. The van der Waals surface area contributed by atoms with Crippen molar-refractivity contribution in [1.82, 2.24) is 10.6 Å². The minimum Gasteiger partial charge on any atom is -0.497 e. The maximum Gasteiger partial charge on any atom is 0.248 e. The number of methoxy groups -OCH3 is 1. The molecule has 0 spiro atoms. The van der Waals surface area contributed by atoms with Crippen LogP contribution in [0.25, 0.3) is 0 Å². The van der Waals surface area contributed by atoms with Crippen LogP contribution in [-0.4, -0.2) is 49.4 Å². The molecular formula is C37H42N4O6. The van der Waals surface area contributed by atoms with E-state index in [9.17, 15) is 19.2 Å². The van der Waals surface area contributed by atoms with Crippen molar-refractivity contribution in [3.63, 3.8) is 0 Å². The molecule has 2 atom stereocenters. The van der Waals surface area contributed by atoms with Crippen LogP contribution in [-0.2, 0) is 32.0 Å². The molecular weight excluding hydrogens is 596 g/mol. The van der Waals surface area contributed by atoms with Crippen molar-refractivity contribution in [3.8, 4) is 11.5 Å². The first kappa shape index (κ1) is 35.8. The van der Waals surface area contributed by atoms with Gasteiger partial charge in [0.25, 0.3) is 0 Å². The lowest BCUT2D eigenvalue weighted by Crippen LogP contribution is -2.41. The lowest BCUT2D eigenvalue weighted by Gasteiger charge is -2.15. The van der Waals surface area contributed by atoms with Gasteiger partial charge in [-0.2, -0.15) is 0 Å². The Morgan fingerprint density at radius 1 is 0.596 bits per heavy atom. The fourth-order valence-electron chi connectivity index (χ4n) is 4.33. The smallest absolute Gasteiger partial charge is 0.248 e. The zero-order valence-corrected chi connectivity index (χ0v) is 27.1.